The lowest BCUT2D eigenvalue weighted by atomic mass is 9.93. The lowest BCUT2D eigenvalue weighted by Gasteiger charge is -2.28. The van der Waals surface area contributed by atoms with E-state index in [1.807, 2.05) is 6.92 Å². The van der Waals surface area contributed by atoms with Gasteiger partial charge < -0.3 is 10.6 Å². The molecule has 2 aliphatic rings. The van der Waals surface area contributed by atoms with Crippen LogP contribution in [0.1, 0.15) is 37.7 Å². The second-order valence-corrected chi connectivity index (χ2v) is 7.39. The van der Waals surface area contributed by atoms with Crippen molar-refractivity contribution in [1.82, 2.24) is 5.32 Å². The third-order valence-electron chi connectivity index (χ3n) is 4.77. The van der Waals surface area contributed by atoms with Gasteiger partial charge in [0.25, 0.3) is 0 Å². The highest BCUT2D eigenvalue weighted by Gasteiger charge is 2.35. The summed E-state index contributed by atoms with van der Waals surface area (Å²) >= 11 is 9.92. The molecule has 2 fully saturated rings. The first-order valence-corrected chi connectivity index (χ1v) is 8.78. The van der Waals surface area contributed by atoms with Crippen molar-refractivity contribution in [1.29, 1.82) is 0 Å². The van der Waals surface area contributed by atoms with E-state index in [1.54, 1.807) is 0 Å². The Kier molecular flexibility index (Phi) is 4.58. The number of anilines is 1. The average Bonchev–Trinajstić information content (AvgIpc) is 3.06. The van der Waals surface area contributed by atoms with Gasteiger partial charge in [0.05, 0.1) is 5.69 Å². The van der Waals surface area contributed by atoms with E-state index in [-0.39, 0.29) is 0 Å². The van der Waals surface area contributed by atoms with E-state index in [0.29, 0.717) is 12.1 Å². The number of hydrogen-bond donors (Lipinski definition) is 2. The highest BCUT2D eigenvalue weighted by Crippen LogP contribution is 2.36. The molecule has 1 saturated heterocycles. The Labute approximate surface area is 134 Å². The smallest absolute Gasteiger partial charge is 0.0502 e. The SMILES string of the molecule is Cc1cc(Br)c(NC2CCCC2C2CCCN2)cc1Cl. The molecule has 0 bridgehead atoms. The van der Waals surface area contributed by atoms with Gasteiger partial charge >= 0.3 is 0 Å². The minimum Gasteiger partial charge on any atom is -0.381 e. The fourth-order valence-corrected chi connectivity index (χ4v) is 4.42. The van der Waals surface area contributed by atoms with Gasteiger partial charge in [-0.2, -0.15) is 0 Å². The van der Waals surface area contributed by atoms with E-state index in [4.69, 9.17) is 11.6 Å². The molecule has 3 atom stereocenters. The number of rotatable bonds is 3. The van der Waals surface area contributed by atoms with Crippen molar-refractivity contribution in [3.05, 3.63) is 27.2 Å². The monoisotopic (exact) mass is 356 g/mol. The highest BCUT2D eigenvalue weighted by molar-refractivity contribution is 9.10. The van der Waals surface area contributed by atoms with Crippen molar-refractivity contribution < 1.29 is 0 Å². The Balaban J connectivity index is 1.74. The summed E-state index contributed by atoms with van der Waals surface area (Å²) in [6.07, 6.45) is 6.59. The maximum atomic E-state index is 6.26. The second-order valence-electron chi connectivity index (χ2n) is 6.13. The molecule has 20 heavy (non-hydrogen) atoms. The van der Waals surface area contributed by atoms with Crippen molar-refractivity contribution in [2.24, 2.45) is 5.92 Å². The van der Waals surface area contributed by atoms with Gasteiger partial charge in [-0.05, 0) is 78.7 Å². The zero-order valence-corrected chi connectivity index (χ0v) is 14.2. The fraction of sp³-hybridized carbons (Fsp3) is 0.625. The summed E-state index contributed by atoms with van der Waals surface area (Å²) in [5.74, 6) is 0.754. The second kappa shape index (κ2) is 6.25. The van der Waals surface area contributed by atoms with E-state index in [9.17, 15) is 0 Å². The molecule has 0 aromatic heterocycles. The Hall–Kier alpha value is -0.250. The topological polar surface area (TPSA) is 24.1 Å². The predicted molar refractivity (Wildman–Crippen MR) is 89.7 cm³/mol. The zero-order chi connectivity index (χ0) is 14.1. The van der Waals surface area contributed by atoms with Gasteiger partial charge in [-0.3, -0.25) is 0 Å². The number of halogens is 2. The van der Waals surface area contributed by atoms with Gasteiger partial charge in [0, 0.05) is 21.6 Å². The fourth-order valence-electron chi connectivity index (χ4n) is 3.68. The molecule has 0 radical (unpaired) electrons. The molecule has 1 aromatic carbocycles. The minimum absolute atomic E-state index is 0.570. The molecule has 1 heterocycles. The van der Waals surface area contributed by atoms with E-state index >= 15 is 0 Å². The molecule has 1 aromatic rings. The molecule has 2 nitrogen and oxygen atoms in total. The Morgan fingerprint density at radius 3 is 2.85 bits per heavy atom. The van der Waals surface area contributed by atoms with Crippen molar-refractivity contribution >= 4 is 33.2 Å². The number of nitrogens with one attached hydrogen (secondary N) is 2. The van der Waals surface area contributed by atoms with Gasteiger partial charge in [0.1, 0.15) is 0 Å². The third-order valence-corrected chi connectivity index (χ3v) is 5.84. The average molecular weight is 358 g/mol. The molecule has 2 N–H and O–H groups in total. The first-order chi connectivity index (χ1) is 9.65. The van der Waals surface area contributed by atoms with Crippen LogP contribution in [-0.4, -0.2) is 18.6 Å². The molecule has 110 valence electrons. The van der Waals surface area contributed by atoms with E-state index < -0.39 is 0 Å². The zero-order valence-electron chi connectivity index (χ0n) is 11.9. The normalized spacial score (nSPS) is 29.9. The Morgan fingerprint density at radius 1 is 1.25 bits per heavy atom. The molecule has 3 unspecified atom stereocenters. The van der Waals surface area contributed by atoms with Gasteiger partial charge in [0.2, 0.25) is 0 Å². The van der Waals surface area contributed by atoms with Crippen LogP contribution in [0.4, 0.5) is 5.69 Å². The highest BCUT2D eigenvalue weighted by atomic mass is 79.9. The first-order valence-electron chi connectivity index (χ1n) is 7.60. The van der Waals surface area contributed by atoms with Crippen molar-refractivity contribution in [2.75, 3.05) is 11.9 Å². The number of hydrogen-bond acceptors (Lipinski definition) is 2. The lowest BCUT2D eigenvalue weighted by molar-refractivity contribution is 0.376. The van der Waals surface area contributed by atoms with Crippen LogP contribution in [-0.2, 0) is 0 Å². The third kappa shape index (κ3) is 3.00. The van der Waals surface area contributed by atoms with E-state index in [0.717, 1.165) is 26.7 Å². The maximum absolute atomic E-state index is 6.26. The standard InChI is InChI=1S/C16H22BrClN2/c1-10-8-12(17)16(9-13(10)18)20-15-5-2-4-11(15)14-6-3-7-19-14/h8-9,11,14-15,19-20H,2-7H2,1H3. The summed E-state index contributed by atoms with van der Waals surface area (Å²) in [6, 6.07) is 5.43. The summed E-state index contributed by atoms with van der Waals surface area (Å²) in [4.78, 5) is 0. The van der Waals surface area contributed by atoms with E-state index in [1.165, 1.54) is 38.6 Å². The summed E-state index contributed by atoms with van der Waals surface area (Å²) in [7, 11) is 0. The van der Waals surface area contributed by atoms with E-state index in [2.05, 4.69) is 38.7 Å². The van der Waals surface area contributed by atoms with Crippen LogP contribution in [0.15, 0.2) is 16.6 Å². The summed E-state index contributed by atoms with van der Waals surface area (Å²) in [5.41, 5.74) is 2.25. The van der Waals surface area contributed by atoms with Gasteiger partial charge in [-0.15, -0.1) is 0 Å². The quantitative estimate of drug-likeness (QED) is 0.816. The molecule has 1 aliphatic heterocycles. The lowest BCUT2D eigenvalue weighted by Crippen LogP contribution is -2.38. The van der Waals surface area contributed by atoms with Crippen molar-refractivity contribution in [2.45, 2.75) is 51.1 Å². The molecule has 4 heteroatoms. The molecule has 1 aliphatic carbocycles. The minimum atomic E-state index is 0.570. The molecular formula is C16H22BrClN2. The summed E-state index contributed by atoms with van der Waals surface area (Å²) in [6.45, 7) is 3.23. The Bertz CT molecular complexity index is 486. The van der Waals surface area contributed by atoms with Crippen LogP contribution in [0.25, 0.3) is 0 Å². The van der Waals surface area contributed by atoms with Crippen LogP contribution in [0, 0.1) is 12.8 Å². The van der Waals surface area contributed by atoms with Crippen molar-refractivity contribution in [3.8, 4) is 0 Å². The van der Waals surface area contributed by atoms with Gasteiger partial charge in [-0.25, -0.2) is 0 Å². The molecule has 0 spiro atoms. The molecule has 1 saturated carbocycles. The largest absolute Gasteiger partial charge is 0.381 e. The summed E-state index contributed by atoms with van der Waals surface area (Å²) < 4.78 is 1.12. The van der Waals surface area contributed by atoms with Crippen LogP contribution < -0.4 is 10.6 Å². The molecule has 3 rings (SSSR count). The van der Waals surface area contributed by atoms with Crippen LogP contribution in [0.3, 0.4) is 0 Å². The number of benzene rings is 1. The van der Waals surface area contributed by atoms with Gasteiger partial charge in [0.15, 0.2) is 0 Å². The van der Waals surface area contributed by atoms with Crippen LogP contribution >= 0.6 is 27.5 Å². The maximum Gasteiger partial charge on any atom is 0.0502 e. The summed E-state index contributed by atoms with van der Waals surface area (Å²) in [5, 5.41) is 8.24. The predicted octanol–water partition coefficient (Wildman–Crippen LogP) is 4.74. The van der Waals surface area contributed by atoms with Crippen LogP contribution in [0.5, 0.6) is 0 Å². The number of aryl methyl sites for hydroxylation is 1. The molecule has 0 amide bonds. The first kappa shape index (κ1) is 14.7. The molecular weight excluding hydrogens is 336 g/mol. The van der Waals surface area contributed by atoms with Crippen molar-refractivity contribution in [3.63, 3.8) is 0 Å². The van der Waals surface area contributed by atoms with Crippen LogP contribution in [0.2, 0.25) is 5.02 Å². The Morgan fingerprint density at radius 2 is 2.10 bits per heavy atom. The van der Waals surface area contributed by atoms with Gasteiger partial charge in [-0.1, -0.05) is 18.0 Å².